The first-order valence-corrected chi connectivity index (χ1v) is 10.9. The highest BCUT2D eigenvalue weighted by atomic mass is 32.2. The fourth-order valence-corrected chi connectivity index (χ4v) is 4.51. The Kier molecular flexibility index (Phi) is 6.71. The van der Waals surface area contributed by atoms with Gasteiger partial charge < -0.3 is 4.74 Å². The molecule has 5 nitrogen and oxygen atoms in total. The van der Waals surface area contributed by atoms with Gasteiger partial charge in [0.15, 0.2) is 11.6 Å². The smallest absolute Gasteiger partial charge is 0.375 e. The van der Waals surface area contributed by atoms with Crippen LogP contribution in [0.25, 0.3) is 11.1 Å². The maximum Gasteiger partial charge on any atom is 0.436 e. The summed E-state index contributed by atoms with van der Waals surface area (Å²) in [6, 6.07) is 10.4. The third-order valence-corrected chi connectivity index (χ3v) is 5.76. The molecule has 0 fully saturated rings. The van der Waals surface area contributed by atoms with Crippen LogP contribution in [0.4, 0.5) is 28.0 Å². The number of rotatable bonds is 4. The molecule has 3 rings (SSSR count). The molecular formula is C21H19F4N2O3S+. The van der Waals surface area contributed by atoms with Gasteiger partial charge in [-0.25, -0.2) is 19.0 Å². The van der Waals surface area contributed by atoms with Crippen LogP contribution < -0.4 is 4.90 Å². The van der Waals surface area contributed by atoms with Gasteiger partial charge in [-0.15, -0.1) is 0 Å². The van der Waals surface area contributed by atoms with Crippen LogP contribution in [0.1, 0.15) is 0 Å². The van der Waals surface area contributed by atoms with E-state index in [1.165, 1.54) is 37.4 Å². The second-order valence-corrected chi connectivity index (χ2v) is 8.59. The van der Waals surface area contributed by atoms with Gasteiger partial charge in [0.2, 0.25) is 0 Å². The highest BCUT2D eigenvalue weighted by Crippen LogP contribution is 2.37. The van der Waals surface area contributed by atoms with Crippen molar-refractivity contribution in [2.24, 2.45) is 0 Å². The third-order valence-electron chi connectivity index (χ3n) is 4.47. The van der Waals surface area contributed by atoms with Gasteiger partial charge in [-0.1, -0.05) is 30.3 Å². The monoisotopic (exact) mass is 455 g/mol. The molecule has 2 aromatic carbocycles. The molecule has 3 amide bonds. The Bertz CT molecular complexity index is 1010. The number of para-hydroxylation sites is 1. The number of anilines is 1. The lowest BCUT2D eigenvalue weighted by Gasteiger charge is -2.28. The summed E-state index contributed by atoms with van der Waals surface area (Å²) in [5.74, 6) is -1.49. The van der Waals surface area contributed by atoms with Gasteiger partial charge in [-0.05, 0) is 23.8 Å². The Morgan fingerprint density at radius 2 is 1.77 bits per heavy atom. The van der Waals surface area contributed by atoms with Crippen molar-refractivity contribution < 1.29 is 31.9 Å². The van der Waals surface area contributed by atoms with Crippen molar-refractivity contribution in [2.75, 3.05) is 30.7 Å². The lowest BCUT2D eigenvalue weighted by atomic mass is 10.0. The van der Waals surface area contributed by atoms with Gasteiger partial charge in [0, 0.05) is 23.6 Å². The van der Waals surface area contributed by atoms with E-state index in [2.05, 4.69) is 0 Å². The number of urea groups is 1. The molecule has 1 aliphatic heterocycles. The number of methoxy groups -OCH3 is 1. The molecular weight excluding hydrogens is 436 g/mol. The summed E-state index contributed by atoms with van der Waals surface area (Å²) in [4.78, 5) is 27.3. The molecule has 0 N–H and O–H groups in total. The molecule has 10 heteroatoms. The highest BCUT2D eigenvalue weighted by Gasteiger charge is 2.50. The summed E-state index contributed by atoms with van der Waals surface area (Å²) in [5, 5.41) is 0.989. The van der Waals surface area contributed by atoms with Gasteiger partial charge in [0.1, 0.15) is 24.1 Å². The molecule has 0 aromatic heterocycles. The Labute approximate surface area is 179 Å². The molecule has 31 heavy (non-hydrogen) atoms. The SMILES string of the molecule is COCC(=O)N(C(=O)N1C[S+](C)C=C1C(F)(F)F)c1ccccc1-c1ccc(F)cc1. The summed E-state index contributed by atoms with van der Waals surface area (Å²) < 4.78 is 58.8. The molecule has 1 unspecified atom stereocenters. The van der Waals surface area contributed by atoms with E-state index in [1.54, 1.807) is 24.5 Å². The molecule has 1 heterocycles. The van der Waals surface area contributed by atoms with E-state index >= 15 is 0 Å². The zero-order valence-corrected chi connectivity index (χ0v) is 17.5. The van der Waals surface area contributed by atoms with Crippen molar-refractivity contribution in [3.05, 3.63) is 65.5 Å². The summed E-state index contributed by atoms with van der Waals surface area (Å²) in [6.07, 6.45) is -3.17. The molecule has 1 aliphatic rings. The Hall–Kier alpha value is -2.85. The number of carbonyl (C=O) groups excluding carboxylic acids is 2. The topological polar surface area (TPSA) is 49.9 Å². The molecule has 1 atom stereocenters. The van der Waals surface area contributed by atoms with Gasteiger partial charge in [-0.3, -0.25) is 4.79 Å². The molecule has 0 saturated carbocycles. The van der Waals surface area contributed by atoms with E-state index in [1.807, 2.05) is 0 Å². The summed E-state index contributed by atoms with van der Waals surface area (Å²) in [5.41, 5.74) is -0.154. The van der Waals surface area contributed by atoms with Crippen LogP contribution in [-0.2, 0) is 20.4 Å². The van der Waals surface area contributed by atoms with Gasteiger partial charge in [0.05, 0.1) is 5.69 Å². The number of benzene rings is 2. The van der Waals surface area contributed by atoms with Gasteiger partial charge in [-0.2, -0.15) is 13.2 Å². The van der Waals surface area contributed by atoms with E-state index in [0.717, 1.165) is 5.41 Å². The van der Waals surface area contributed by atoms with E-state index in [4.69, 9.17) is 4.74 Å². The molecule has 0 saturated heterocycles. The van der Waals surface area contributed by atoms with Gasteiger partial charge >= 0.3 is 12.2 Å². The third kappa shape index (κ3) is 4.91. The molecule has 164 valence electrons. The van der Waals surface area contributed by atoms with E-state index < -0.39 is 47.1 Å². The van der Waals surface area contributed by atoms with Crippen molar-refractivity contribution in [1.29, 1.82) is 0 Å². The highest BCUT2D eigenvalue weighted by molar-refractivity contribution is 7.99. The summed E-state index contributed by atoms with van der Waals surface area (Å²) >= 11 is 0. The van der Waals surface area contributed by atoms with Gasteiger partial charge in [0.25, 0.3) is 5.91 Å². The van der Waals surface area contributed by atoms with Crippen LogP contribution in [0, 0.1) is 5.82 Å². The first-order valence-electron chi connectivity index (χ1n) is 9.02. The second-order valence-electron chi connectivity index (χ2n) is 6.72. The van der Waals surface area contributed by atoms with E-state index in [9.17, 15) is 27.2 Å². The van der Waals surface area contributed by atoms with Crippen LogP contribution in [0.5, 0.6) is 0 Å². The summed E-state index contributed by atoms with van der Waals surface area (Å²) in [6.45, 7) is -0.514. The van der Waals surface area contributed by atoms with Crippen LogP contribution in [0.3, 0.4) is 0 Å². The van der Waals surface area contributed by atoms with E-state index in [0.29, 0.717) is 20.9 Å². The average Bonchev–Trinajstić information content (AvgIpc) is 3.12. The predicted octanol–water partition coefficient (Wildman–Crippen LogP) is 4.52. The Morgan fingerprint density at radius 3 is 2.39 bits per heavy atom. The molecule has 0 radical (unpaired) electrons. The largest absolute Gasteiger partial charge is 0.436 e. The number of carbonyl (C=O) groups is 2. The van der Waals surface area contributed by atoms with Crippen molar-refractivity contribution >= 4 is 28.5 Å². The average molecular weight is 455 g/mol. The van der Waals surface area contributed by atoms with Crippen LogP contribution in [-0.4, -0.2) is 48.9 Å². The fourth-order valence-electron chi connectivity index (χ4n) is 3.14. The number of amides is 3. The minimum atomic E-state index is -4.75. The number of nitrogens with zero attached hydrogens (tertiary/aromatic N) is 2. The maximum absolute atomic E-state index is 13.5. The van der Waals surface area contributed by atoms with Crippen molar-refractivity contribution in [3.63, 3.8) is 0 Å². The number of hydrogen-bond donors (Lipinski definition) is 0. The normalized spacial score (nSPS) is 16.3. The number of halogens is 4. The lowest BCUT2D eigenvalue weighted by Crippen LogP contribution is -2.49. The number of allylic oxidation sites excluding steroid dienone is 1. The minimum Gasteiger partial charge on any atom is -0.375 e. The minimum absolute atomic E-state index is 0.0746. The first kappa shape index (κ1) is 22.8. The summed E-state index contributed by atoms with van der Waals surface area (Å²) in [7, 11) is 0.421. The number of ether oxygens (including phenoxy) is 1. The van der Waals surface area contributed by atoms with Crippen molar-refractivity contribution in [1.82, 2.24) is 4.90 Å². The van der Waals surface area contributed by atoms with Crippen molar-refractivity contribution in [2.45, 2.75) is 6.18 Å². The number of imide groups is 1. The van der Waals surface area contributed by atoms with Crippen LogP contribution in [0.15, 0.2) is 59.6 Å². The molecule has 2 aromatic rings. The maximum atomic E-state index is 13.5. The zero-order chi connectivity index (χ0) is 22.8. The fraction of sp³-hybridized carbons (Fsp3) is 0.238. The predicted molar refractivity (Wildman–Crippen MR) is 111 cm³/mol. The second kappa shape index (κ2) is 9.11. The standard InChI is InChI=1S/C21H19F4N2O3S/c1-30-11-19(28)27(20(29)26-13-31(2)12-18(26)21(23,24)25)17-6-4-3-5-16(17)14-7-9-15(22)10-8-14/h3-10,12H,11,13H2,1-2H3/q+1. The molecule has 0 aliphatic carbocycles. The first-order chi connectivity index (χ1) is 14.6. The van der Waals surface area contributed by atoms with Crippen LogP contribution >= 0.6 is 0 Å². The zero-order valence-electron chi connectivity index (χ0n) is 16.6. The molecule has 0 spiro atoms. The van der Waals surface area contributed by atoms with Crippen LogP contribution in [0.2, 0.25) is 0 Å². The number of hydrogen-bond acceptors (Lipinski definition) is 3. The Morgan fingerprint density at radius 1 is 1.13 bits per heavy atom. The quantitative estimate of drug-likeness (QED) is 0.503. The number of alkyl halides is 3. The Balaban J connectivity index is 2.10. The lowest BCUT2D eigenvalue weighted by molar-refractivity contribution is -0.122. The molecule has 0 bridgehead atoms. The van der Waals surface area contributed by atoms with E-state index in [-0.39, 0.29) is 11.6 Å². The van der Waals surface area contributed by atoms with Crippen molar-refractivity contribution in [3.8, 4) is 11.1 Å².